The zero-order chi connectivity index (χ0) is 26.8. The van der Waals surface area contributed by atoms with E-state index in [2.05, 4.69) is 20.0 Å². The third kappa shape index (κ3) is 5.38. The van der Waals surface area contributed by atoms with E-state index < -0.39 is 11.0 Å². The molecule has 9 heteroatoms. The highest BCUT2D eigenvalue weighted by Crippen LogP contribution is 2.42. The lowest BCUT2D eigenvalue weighted by atomic mass is 9.89. The molecule has 2 aromatic carbocycles. The van der Waals surface area contributed by atoms with Crippen LogP contribution in [0.25, 0.3) is 22.3 Å². The Morgan fingerprint density at radius 1 is 1.13 bits per heavy atom. The van der Waals surface area contributed by atoms with Crippen LogP contribution in [-0.4, -0.2) is 53.1 Å². The molecule has 0 radical (unpaired) electrons. The van der Waals surface area contributed by atoms with Gasteiger partial charge in [0.05, 0.1) is 22.2 Å². The van der Waals surface area contributed by atoms with Gasteiger partial charge in [0.25, 0.3) is 5.91 Å². The molecule has 2 fully saturated rings. The standard InChI is InChI=1S/C29H36FN3O3S2/c1-31-29(34)27-24-16-23(20-8-7-15-33(18-20)38(35)22-9-5-4-6-10-22)25(32(2)37-3)17-26(24)36-28(27)19-11-13-21(30)14-12-19/h11-14,16-17,20,22H,4-10,15,18H2,1-3H3,(H,31,34)/t20-,38?/m1/s1. The van der Waals surface area contributed by atoms with Crippen molar-refractivity contribution >= 4 is 45.5 Å². The van der Waals surface area contributed by atoms with E-state index in [1.165, 1.54) is 31.4 Å². The first-order chi connectivity index (χ1) is 18.4. The molecule has 1 unspecified atom stereocenters. The van der Waals surface area contributed by atoms with Crippen molar-refractivity contribution in [2.24, 2.45) is 0 Å². The van der Waals surface area contributed by atoms with E-state index in [1.807, 2.05) is 19.4 Å². The minimum Gasteiger partial charge on any atom is -0.455 e. The Bertz CT molecular complexity index is 1320. The largest absolute Gasteiger partial charge is 0.455 e. The summed E-state index contributed by atoms with van der Waals surface area (Å²) in [5.74, 6) is 0.0265. The van der Waals surface area contributed by atoms with Gasteiger partial charge in [-0.05, 0) is 67.5 Å². The van der Waals surface area contributed by atoms with E-state index in [4.69, 9.17) is 4.42 Å². The first-order valence-electron chi connectivity index (χ1n) is 13.4. The number of hydrogen-bond acceptors (Lipinski definition) is 5. The molecule has 2 atom stereocenters. The summed E-state index contributed by atoms with van der Waals surface area (Å²) in [6, 6.07) is 10.1. The Morgan fingerprint density at radius 2 is 1.87 bits per heavy atom. The smallest absolute Gasteiger partial charge is 0.255 e. The maximum absolute atomic E-state index is 13.6. The molecule has 1 saturated carbocycles. The number of furan rings is 1. The first-order valence-corrected chi connectivity index (χ1v) is 15.8. The topological polar surface area (TPSA) is 65.8 Å². The minimum atomic E-state index is -0.968. The van der Waals surface area contributed by atoms with Crippen molar-refractivity contribution < 1.29 is 17.8 Å². The second-order valence-corrected chi connectivity index (χ2v) is 12.9. The Balaban J connectivity index is 1.58. The van der Waals surface area contributed by atoms with Gasteiger partial charge in [0.15, 0.2) is 0 Å². The summed E-state index contributed by atoms with van der Waals surface area (Å²) >= 11 is 1.61. The molecule has 38 heavy (non-hydrogen) atoms. The van der Waals surface area contributed by atoms with Crippen molar-refractivity contribution in [1.29, 1.82) is 0 Å². The van der Waals surface area contributed by atoms with Gasteiger partial charge in [0.1, 0.15) is 17.2 Å². The number of anilines is 1. The van der Waals surface area contributed by atoms with Crippen LogP contribution in [0.4, 0.5) is 10.1 Å². The molecule has 1 saturated heterocycles. The average molecular weight is 558 g/mol. The molecule has 2 heterocycles. The molecule has 1 aromatic heterocycles. The molecule has 6 nitrogen and oxygen atoms in total. The summed E-state index contributed by atoms with van der Waals surface area (Å²) < 4.78 is 37.7. The van der Waals surface area contributed by atoms with Crippen LogP contribution < -0.4 is 9.62 Å². The molecule has 1 N–H and O–H groups in total. The fourth-order valence-corrected chi connectivity index (χ4v) is 7.99. The van der Waals surface area contributed by atoms with Gasteiger partial charge in [-0.3, -0.25) is 4.79 Å². The van der Waals surface area contributed by atoms with Crippen LogP contribution in [0.1, 0.15) is 66.8 Å². The fraction of sp³-hybridized carbons (Fsp3) is 0.483. The van der Waals surface area contributed by atoms with Crippen molar-refractivity contribution in [2.75, 3.05) is 37.7 Å². The minimum absolute atomic E-state index is 0.187. The van der Waals surface area contributed by atoms with Gasteiger partial charge in [-0.2, -0.15) is 0 Å². The number of carbonyl (C=O) groups excluding carboxylic acids is 1. The van der Waals surface area contributed by atoms with Crippen LogP contribution in [-0.2, 0) is 11.0 Å². The van der Waals surface area contributed by atoms with E-state index >= 15 is 0 Å². The van der Waals surface area contributed by atoms with E-state index in [-0.39, 0.29) is 22.9 Å². The number of hydrogen-bond donors (Lipinski definition) is 1. The second kappa shape index (κ2) is 11.8. The maximum atomic E-state index is 13.6. The van der Waals surface area contributed by atoms with Gasteiger partial charge in [-0.15, -0.1) is 0 Å². The highest BCUT2D eigenvalue weighted by atomic mass is 32.2. The number of halogens is 1. The summed E-state index contributed by atoms with van der Waals surface area (Å²) in [5, 5.41) is 3.76. The molecule has 1 amide bonds. The molecule has 0 spiro atoms. The molecular weight excluding hydrogens is 521 g/mol. The number of nitrogens with one attached hydrogen (secondary N) is 1. The lowest BCUT2D eigenvalue weighted by Crippen LogP contribution is -2.40. The van der Waals surface area contributed by atoms with Crippen LogP contribution in [0.5, 0.6) is 0 Å². The van der Waals surface area contributed by atoms with Crippen molar-refractivity contribution in [3.63, 3.8) is 0 Å². The summed E-state index contributed by atoms with van der Waals surface area (Å²) in [6.07, 6.45) is 9.71. The summed E-state index contributed by atoms with van der Waals surface area (Å²) in [4.78, 5) is 13.1. The summed E-state index contributed by atoms with van der Waals surface area (Å²) in [7, 11) is 2.66. The molecule has 204 valence electrons. The van der Waals surface area contributed by atoms with Crippen LogP contribution in [0.15, 0.2) is 40.8 Å². The number of carbonyl (C=O) groups is 1. The lowest BCUT2D eigenvalue weighted by molar-refractivity contribution is 0.0964. The van der Waals surface area contributed by atoms with Crippen LogP contribution in [0.2, 0.25) is 0 Å². The van der Waals surface area contributed by atoms with Crippen LogP contribution in [0.3, 0.4) is 0 Å². The van der Waals surface area contributed by atoms with E-state index in [9.17, 15) is 13.4 Å². The Labute approximate surface area is 231 Å². The van der Waals surface area contributed by atoms with Crippen LogP contribution in [0, 0.1) is 5.82 Å². The molecule has 2 aliphatic rings. The Kier molecular flexibility index (Phi) is 8.45. The predicted molar refractivity (Wildman–Crippen MR) is 155 cm³/mol. The third-order valence-electron chi connectivity index (χ3n) is 7.93. The number of benzene rings is 2. The SMILES string of the molecule is CNC(=O)c1c(-c2ccc(F)cc2)oc2cc(N(C)SC)c([C@@H]3CCCN(S(=O)C4CCCCC4)C3)cc12. The molecule has 5 rings (SSSR count). The number of piperidine rings is 1. The van der Waals surface area contributed by atoms with E-state index in [0.717, 1.165) is 55.4 Å². The molecule has 3 aromatic rings. The zero-order valence-corrected chi connectivity index (χ0v) is 23.9. The quantitative estimate of drug-likeness (QED) is 0.337. The number of amides is 1. The number of rotatable bonds is 7. The highest BCUT2D eigenvalue weighted by molar-refractivity contribution is 7.99. The van der Waals surface area contributed by atoms with Gasteiger partial charge in [0.2, 0.25) is 0 Å². The van der Waals surface area contributed by atoms with Gasteiger partial charge < -0.3 is 14.0 Å². The van der Waals surface area contributed by atoms with Gasteiger partial charge in [0, 0.05) is 55.7 Å². The summed E-state index contributed by atoms with van der Waals surface area (Å²) in [5.41, 5.74) is 3.88. The number of fused-ring (bicyclic) bond motifs is 1. The molecule has 1 aliphatic heterocycles. The Morgan fingerprint density at radius 3 is 2.55 bits per heavy atom. The van der Waals surface area contributed by atoms with E-state index in [1.54, 1.807) is 31.1 Å². The Hall–Kier alpha value is -2.36. The molecular formula is C29H36FN3O3S2. The zero-order valence-electron chi connectivity index (χ0n) is 22.3. The van der Waals surface area contributed by atoms with Gasteiger partial charge in [-0.1, -0.05) is 31.2 Å². The maximum Gasteiger partial charge on any atom is 0.255 e. The summed E-state index contributed by atoms with van der Waals surface area (Å²) in [6.45, 7) is 1.60. The average Bonchev–Trinajstić information content (AvgIpc) is 3.34. The normalized spacial score (nSPS) is 19.9. The van der Waals surface area contributed by atoms with Gasteiger partial charge >= 0.3 is 0 Å². The second-order valence-electron chi connectivity index (χ2n) is 10.2. The lowest BCUT2D eigenvalue weighted by Gasteiger charge is -2.36. The van der Waals surface area contributed by atoms with Crippen molar-refractivity contribution in [3.8, 4) is 11.3 Å². The monoisotopic (exact) mass is 557 g/mol. The highest BCUT2D eigenvalue weighted by Gasteiger charge is 2.32. The third-order valence-corrected chi connectivity index (χ3v) is 10.6. The van der Waals surface area contributed by atoms with Crippen LogP contribution >= 0.6 is 11.9 Å². The van der Waals surface area contributed by atoms with Gasteiger partial charge in [-0.25, -0.2) is 12.9 Å². The van der Waals surface area contributed by atoms with Crippen molar-refractivity contribution in [3.05, 3.63) is 53.3 Å². The molecule has 0 bridgehead atoms. The molecule has 1 aliphatic carbocycles. The first kappa shape index (κ1) is 27.2. The predicted octanol–water partition coefficient (Wildman–Crippen LogP) is 6.49. The van der Waals surface area contributed by atoms with Crippen molar-refractivity contribution in [1.82, 2.24) is 9.62 Å². The fourth-order valence-electron chi connectivity index (χ4n) is 5.84. The van der Waals surface area contributed by atoms with Crippen molar-refractivity contribution in [2.45, 2.75) is 56.1 Å². The van der Waals surface area contributed by atoms with E-state index in [0.29, 0.717) is 22.5 Å². The number of nitrogens with zero attached hydrogens (tertiary/aromatic N) is 2.